The summed E-state index contributed by atoms with van der Waals surface area (Å²) in [7, 11) is 0. The second-order valence-electron chi connectivity index (χ2n) is 2.71. The van der Waals surface area contributed by atoms with Crippen LogP contribution in [0.25, 0.3) is 0 Å². The molecule has 92 valence electrons. The van der Waals surface area contributed by atoms with E-state index < -0.39 is 40.3 Å². The number of carboxylic acids is 1. The third-order valence-electron chi connectivity index (χ3n) is 1.71. The molecule has 0 aliphatic rings. The first-order chi connectivity index (χ1) is 7.84. The quantitative estimate of drug-likeness (QED) is 0.653. The van der Waals surface area contributed by atoms with Gasteiger partial charge in [0.25, 0.3) is 0 Å². The van der Waals surface area contributed by atoms with Crippen LogP contribution in [0.5, 0.6) is 5.75 Å². The molecule has 6 nitrogen and oxygen atoms in total. The molecule has 0 aliphatic carbocycles. The van der Waals surface area contributed by atoms with Crippen LogP contribution in [0.1, 0.15) is 10.4 Å². The molecule has 0 spiro atoms. The van der Waals surface area contributed by atoms with Gasteiger partial charge in [-0.1, -0.05) is 0 Å². The number of carbonyl (C=O) groups is 1. The van der Waals surface area contributed by atoms with Crippen LogP contribution in [0.2, 0.25) is 0 Å². The van der Waals surface area contributed by atoms with Gasteiger partial charge in [0.1, 0.15) is 11.3 Å². The molecule has 1 N–H and O–H groups in total. The number of nitro groups is 1. The van der Waals surface area contributed by atoms with Crippen molar-refractivity contribution < 1.29 is 32.7 Å². The molecular weight excluding hydrogens is 247 g/mol. The minimum atomic E-state index is -3.37. The molecule has 1 rings (SSSR count). The van der Waals surface area contributed by atoms with E-state index in [1.165, 1.54) is 0 Å². The van der Waals surface area contributed by atoms with Crippen LogP contribution in [-0.2, 0) is 0 Å². The second kappa shape index (κ2) is 4.68. The molecule has 0 atom stereocenters. The Morgan fingerprint density at radius 3 is 2.47 bits per heavy atom. The molecule has 0 radical (unpaired) electrons. The summed E-state index contributed by atoms with van der Waals surface area (Å²) in [5, 5.41) is 18.9. The molecule has 0 unspecified atom stereocenters. The van der Waals surface area contributed by atoms with Crippen molar-refractivity contribution >= 4 is 11.7 Å². The van der Waals surface area contributed by atoms with Gasteiger partial charge in [0, 0.05) is 6.07 Å². The maximum Gasteiger partial charge on any atom is 0.387 e. The van der Waals surface area contributed by atoms with Gasteiger partial charge in [-0.3, -0.25) is 10.1 Å². The summed E-state index contributed by atoms with van der Waals surface area (Å²) < 4.78 is 40.8. The van der Waals surface area contributed by atoms with E-state index >= 15 is 0 Å². The summed E-state index contributed by atoms with van der Waals surface area (Å²) in [5.41, 5.74) is -2.44. The maximum atomic E-state index is 13.3. The van der Waals surface area contributed by atoms with Crippen LogP contribution < -0.4 is 4.74 Å². The van der Waals surface area contributed by atoms with E-state index in [1.807, 2.05) is 0 Å². The zero-order valence-electron chi connectivity index (χ0n) is 7.89. The van der Waals surface area contributed by atoms with Gasteiger partial charge in [0.05, 0.1) is 4.92 Å². The number of nitrogens with zero attached hydrogens (tertiary/aromatic N) is 1. The lowest BCUT2D eigenvalue weighted by Crippen LogP contribution is -2.11. The zero-order valence-corrected chi connectivity index (χ0v) is 7.89. The third kappa shape index (κ3) is 2.62. The molecule has 0 bridgehead atoms. The number of hydrogen-bond acceptors (Lipinski definition) is 4. The van der Waals surface area contributed by atoms with Crippen molar-refractivity contribution in [1.82, 2.24) is 0 Å². The van der Waals surface area contributed by atoms with E-state index in [4.69, 9.17) is 5.11 Å². The van der Waals surface area contributed by atoms with Gasteiger partial charge in [0.2, 0.25) is 5.82 Å². The number of alkyl halides is 2. The van der Waals surface area contributed by atoms with Crippen LogP contribution >= 0.6 is 0 Å². The molecule has 1 aromatic carbocycles. The van der Waals surface area contributed by atoms with Crippen molar-refractivity contribution in [3.63, 3.8) is 0 Å². The number of benzene rings is 1. The monoisotopic (exact) mass is 251 g/mol. The molecule has 0 heterocycles. The van der Waals surface area contributed by atoms with E-state index in [-0.39, 0.29) is 0 Å². The normalized spacial score (nSPS) is 10.4. The molecule has 0 fully saturated rings. The van der Waals surface area contributed by atoms with Crippen molar-refractivity contribution in [2.75, 3.05) is 0 Å². The number of carboxylic acid groups (broad SMARTS) is 1. The van der Waals surface area contributed by atoms with Gasteiger partial charge in [-0.05, 0) is 6.07 Å². The highest BCUT2D eigenvalue weighted by Crippen LogP contribution is 2.29. The summed E-state index contributed by atoms with van der Waals surface area (Å²) in [4.78, 5) is 19.8. The Labute approximate surface area is 91.4 Å². The molecule has 0 aromatic heterocycles. The molecule has 9 heteroatoms. The Morgan fingerprint density at radius 2 is 2.06 bits per heavy atom. The summed E-state index contributed by atoms with van der Waals surface area (Å²) in [6, 6.07) is 1.14. The number of ether oxygens (including phenoxy) is 1. The highest BCUT2D eigenvalue weighted by Gasteiger charge is 2.27. The summed E-state index contributed by atoms with van der Waals surface area (Å²) in [6.07, 6.45) is 0. The van der Waals surface area contributed by atoms with E-state index in [2.05, 4.69) is 4.74 Å². The van der Waals surface area contributed by atoms with Crippen LogP contribution in [-0.4, -0.2) is 22.6 Å². The first-order valence-corrected chi connectivity index (χ1v) is 3.99. The molecule has 0 aliphatic heterocycles. The van der Waals surface area contributed by atoms with Gasteiger partial charge in [-0.25, -0.2) is 4.79 Å². The van der Waals surface area contributed by atoms with Crippen LogP contribution in [0.15, 0.2) is 12.1 Å². The van der Waals surface area contributed by atoms with Gasteiger partial charge in [0.15, 0.2) is 0 Å². The Morgan fingerprint density at radius 1 is 1.47 bits per heavy atom. The van der Waals surface area contributed by atoms with E-state index in [9.17, 15) is 28.1 Å². The Hall–Kier alpha value is -2.32. The highest BCUT2D eigenvalue weighted by atomic mass is 19.3. The fourth-order valence-corrected chi connectivity index (χ4v) is 1.08. The van der Waals surface area contributed by atoms with Crippen LogP contribution in [0, 0.1) is 15.9 Å². The predicted molar refractivity (Wildman–Crippen MR) is 46.6 cm³/mol. The number of halogens is 3. The Bertz CT molecular complexity index is 476. The average molecular weight is 251 g/mol. The Kier molecular flexibility index (Phi) is 3.51. The fourth-order valence-electron chi connectivity index (χ4n) is 1.08. The van der Waals surface area contributed by atoms with Crippen LogP contribution in [0.4, 0.5) is 18.9 Å². The van der Waals surface area contributed by atoms with Crippen molar-refractivity contribution in [2.24, 2.45) is 0 Å². The molecule has 0 amide bonds. The first-order valence-electron chi connectivity index (χ1n) is 3.99. The summed E-state index contributed by atoms with van der Waals surface area (Å²) in [6.45, 7) is -3.37. The molecular formula is C8H4F3NO5. The SMILES string of the molecule is O=C(O)c1c(OC(F)F)ccc([N+](=O)[O-])c1F. The van der Waals surface area contributed by atoms with Crippen molar-refractivity contribution in [3.8, 4) is 5.75 Å². The fraction of sp³-hybridized carbons (Fsp3) is 0.125. The van der Waals surface area contributed by atoms with Gasteiger partial charge < -0.3 is 9.84 Å². The highest BCUT2D eigenvalue weighted by molar-refractivity contribution is 5.92. The van der Waals surface area contributed by atoms with Gasteiger partial charge in [-0.2, -0.15) is 13.2 Å². The number of aromatic carboxylic acids is 1. The molecule has 0 saturated carbocycles. The molecule has 0 saturated heterocycles. The van der Waals surface area contributed by atoms with Crippen molar-refractivity contribution in [2.45, 2.75) is 6.61 Å². The minimum Gasteiger partial charge on any atom is -0.477 e. The lowest BCUT2D eigenvalue weighted by Gasteiger charge is -2.08. The smallest absolute Gasteiger partial charge is 0.387 e. The lowest BCUT2D eigenvalue weighted by molar-refractivity contribution is -0.387. The second-order valence-corrected chi connectivity index (χ2v) is 2.71. The first kappa shape index (κ1) is 12.7. The Balaban J connectivity index is 3.39. The van der Waals surface area contributed by atoms with Gasteiger partial charge in [-0.15, -0.1) is 0 Å². The zero-order chi connectivity index (χ0) is 13.2. The molecule has 17 heavy (non-hydrogen) atoms. The predicted octanol–water partition coefficient (Wildman–Crippen LogP) is 2.03. The topological polar surface area (TPSA) is 89.7 Å². The van der Waals surface area contributed by atoms with E-state index in [0.717, 1.165) is 0 Å². The van der Waals surface area contributed by atoms with Crippen molar-refractivity contribution in [1.29, 1.82) is 0 Å². The largest absolute Gasteiger partial charge is 0.477 e. The lowest BCUT2D eigenvalue weighted by atomic mass is 10.1. The summed E-state index contributed by atoms with van der Waals surface area (Å²) in [5.74, 6) is -4.65. The minimum absolute atomic E-state index is 0.541. The number of nitro benzene ring substituents is 1. The third-order valence-corrected chi connectivity index (χ3v) is 1.71. The average Bonchev–Trinajstić information content (AvgIpc) is 2.15. The molecule has 1 aromatic rings. The summed E-state index contributed by atoms with van der Waals surface area (Å²) >= 11 is 0. The van der Waals surface area contributed by atoms with Crippen molar-refractivity contribution in [3.05, 3.63) is 33.6 Å². The van der Waals surface area contributed by atoms with E-state index in [0.29, 0.717) is 12.1 Å². The van der Waals surface area contributed by atoms with Crippen LogP contribution in [0.3, 0.4) is 0 Å². The number of rotatable bonds is 4. The standard InChI is InChI=1S/C8H4F3NO5/c9-6-3(12(15)16)1-2-4(17-8(10)11)5(6)7(13)14/h1-2,8H,(H,13,14). The maximum absolute atomic E-state index is 13.3. The van der Waals surface area contributed by atoms with E-state index in [1.54, 1.807) is 0 Å². The number of hydrogen-bond donors (Lipinski definition) is 1. The van der Waals surface area contributed by atoms with Gasteiger partial charge >= 0.3 is 18.3 Å².